The second-order valence-corrected chi connectivity index (χ2v) is 5.49. The molecule has 0 spiro atoms. The second kappa shape index (κ2) is 7.77. The van der Waals surface area contributed by atoms with Crippen molar-refractivity contribution in [3.05, 3.63) is 30.1 Å². The van der Waals surface area contributed by atoms with Gasteiger partial charge < -0.3 is 10.1 Å². The monoisotopic (exact) mass is 308 g/mol. The zero-order chi connectivity index (χ0) is 15.9. The SMILES string of the molecule is CC(Oc1ccccc1F)C(=O)NC(=O)NC1CCCCC1. The minimum atomic E-state index is -0.964. The lowest BCUT2D eigenvalue weighted by Gasteiger charge is -2.23. The normalized spacial score (nSPS) is 16.6. The highest BCUT2D eigenvalue weighted by Gasteiger charge is 2.21. The van der Waals surface area contributed by atoms with E-state index in [1.54, 1.807) is 6.07 Å². The highest BCUT2D eigenvalue weighted by atomic mass is 19.1. The predicted molar refractivity (Wildman–Crippen MR) is 80.0 cm³/mol. The van der Waals surface area contributed by atoms with Crippen LogP contribution in [-0.4, -0.2) is 24.1 Å². The molecule has 1 atom stereocenters. The summed E-state index contributed by atoms with van der Waals surface area (Å²) in [6, 6.07) is 5.41. The summed E-state index contributed by atoms with van der Waals surface area (Å²) in [5.41, 5.74) is 0. The minimum Gasteiger partial charge on any atom is -0.478 e. The van der Waals surface area contributed by atoms with E-state index >= 15 is 0 Å². The lowest BCUT2D eigenvalue weighted by atomic mass is 9.96. The molecule has 1 aliphatic rings. The molecule has 120 valence electrons. The smallest absolute Gasteiger partial charge is 0.321 e. The van der Waals surface area contributed by atoms with Crippen LogP contribution in [0, 0.1) is 5.82 Å². The fraction of sp³-hybridized carbons (Fsp3) is 0.500. The molecule has 0 heterocycles. The predicted octanol–water partition coefficient (Wildman–Crippen LogP) is 2.75. The largest absolute Gasteiger partial charge is 0.478 e. The fourth-order valence-electron chi connectivity index (χ4n) is 2.47. The first-order chi connectivity index (χ1) is 10.6. The topological polar surface area (TPSA) is 67.4 Å². The maximum absolute atomic E-state index is 13.4. The summed E-state index contributed by atoms with van der Waals surface area (Å²) < 4.78 is 18.7. The summed E-state index contributed by atoms with van der Waals surface area (Å²) in [4.78, 5) is 23.7. The number of carbonyl (C=O) groups excluding carboxylic acids is 2. The number of imide groups is 1. The number of amides is 3. The molecule has 1 fully saturated rings. The van der Waals surface area contributed by atoms with Crippen LogP contribution in [0.3, 0.4) is 0 Å². The molecule has 22 heavy (non-hydrogen) atoms. The van der Waals surface area contributed by atoms with Crippen molar-refractivity contribution in [3.8, 4) is 5.75 Å². The molecule has 2 N–H and O–H groups in total. The van der Waals surface area contributed by atoms with Crippen molar-refractivity contribution in [3.63, 3.8) is 0 Å². The van der Waals surface area contributed by atoms with Crippen molar-refractivity contribution in [1.82, 2.24) is 10.6 Å². The first kappa shape index (κ1) is 16.3. The van der Waals surface area contributed by atoms with Crippen molar-refractivity contribution >= 4 is 11.9 Å². The number of hydrogen-bond acceptors (Lipinski definition) is 3. The summed E-state index contributed by atoms with van der Waals surface area (Å²) in [5, 5.41) is 5.01. The molecule has 1 aromatic rings. The Morgan fingerprint density at radius 1 is 1.23 bits per heavy atom. The second-order valence-electron chi connectivity index (χ2n) is 5.49. The molecular formula is C16H21FN2O3. The van der Waals surface area contributed by atoms with Gasteiger partial charge in [-0.05, 0) is 31.9 Å². The Labute approximate surface area is 129 Å². The van der Waals surface area contributed by atoms with E-state index in [0.717, 1.165) is 25.7 Å². The van der Waals surface area contributed by atoms with Crippen LogP contribution in [0.15, 0.2) is 24.3 Å². The van der Waals surface area contributed by atoms with Gasteiger partial charge in [0.1, 0.15) is 0 Å². The molecule has 0 saturated heterocycles. The molecule has 2 rings (SSSR count). The number of rotatable bonds is 4. The molecule has 5 nitrogen and oxygen atoms in total. The Morgan fingerprint density at radius 2 is 1.91 bits per heavy atom. The van der Waals surface area contributed by atoms with Crippen LogP contribution in [-0.2, 0) is 4.79 Å². The Balaban J connectivity index is 1.80. The van der Waals surface area contributed by atoms with E-state index in [1.165, 1.54) is 31.5 Å². The first-order valence-corrected chi connectivity index (χ1v) is 7.59. The third-order valence-corrected chi connectivity index (χ3v) is 3.69. The number of nitrogens with one attached hydrogen (secondary N) is 2. The number of para-hydroxylation sites is 1. The third-order valence-electron chi connectivity index (χ3n) is 3.69. The van der Waals surface area contributed by atoms with Crippen molar-refractivity contribution in [2.45, 2.75) is 51.2 Å². The van der Waals surface area contributed by atoms with Gasteiger partial charge in [0.2, 0.25) is 0 Å². The number of hydrogen-bond donors (Lipinski definition) is 2. The lowest BCUT2D eigenvalue weighted by Crippen LogP contribution is -2.48. The van der Waals surface area contributed by atoms with Gasteiger partial charge in [0.25, 0.3) is 5.91 Å². The Morgan fingerprint density at radius 3 is 2.59 bits per heavy atom. The first-order valence-electron chi connectivity index (χ1n) is 7.59. The van der Waals surface area contributed by atoms with E-state index in [-0.39, 0.29) is 11.8 Å². The summed E-state index contributed by atoms with van der Waals surface area (Å²) in [6.45, 7) is 1.47. The maximum atomic E-state index is 13.4. The van der Waals surface area contributed by atoms with Gasteiger partial charge in [0.05, 0.1) is 0 Å². The van der Waals surface area contributed by atoms with E-state index in [0.29, 0.717) is 0 Å². The molecule has 0 bridgehead atoms. The van der Waals surface area contributed by atoms with Crippen LogP contribution in [0.2, 0.25) is 0 Å². The van der Waals surface area contributed by atoms with Crippen LogP contribution in [0.1, 0.15) is 39.0 Å². The minimum absolute atomic E-state index is 0.0159. The van der Waals surface area contributed by atoms with Gasteiger partial charge in [-0.2, -0.15) is 0 Å². The van der Waals surface area contributed by atoms with Crippen molar-refractivity contribution in [2.75, 3.05) is 0 Å². The number of benzene rings is 1. The standard InChI is InChI=1S/C16H21FN2O3/c1-11(22-14-10-6-5-9-13(14)17)15(20)19-16(21)18-12-7-3-2-4-8-12/h5-6,9-12H,2-4,7-8H2,1H3,(H2,18,19,20,21). The molecular weight excluding hydrogens is 287 g/mol. The van der Waals surface area contributed by atoms with E-state index in [4.69, 9.17) is 4.74 Å². The Kier molecular flexibility index (Phi) is 5.75. The van der Waals surface area contributed by atoms with Gasteiger partial charge in [0, 0.05) is 6.04 Å². The average Bonchev–Trinajstić information content (AvgIpc) is 2.50. The third kappa shape index (κ3) is 4.72. The van der Waals surface area contributed by atoms with Crippen LogP contribution in [0.4, 0.5) is 9.18 Å². The van der Waals surface area contributed by atoms with Gasteiger partial charge in [0.15, 0.2) is 17.7 Å². The molecule has 0 radical (unpaired) electrons. The quantitative estimate of drug-likeness (QED) is 0.898. The fourth-order valence-corrected chi connectivity index (χ4v) is 2.47. The maximum Gasteiger partial charge on any atom is 0.321 e. The number of halogens is 1. The molecule has 6 heteroatoms. The number of carbonyl (C=O) groups is 2. The van der Waals surface area contributed by atoms with Crippen LogP contribution in [0.5, 0.6) is 5.75 Å². The molecule has 1 aromatic carbocycles. The summed E-state index contributed by atoms with van der Waals surface area (Å²) >= 11 is 0. The average molecular weight is 308 g/mol. The lowest BCUT2D eigenvalue weighted by molar-refractivity contribution is -0.126. The van der Waals surface area contributed by atoms with Gasteiger partial charge in [-0.15, -0.1) is 0 Å². The summed E-state index contributed by atoms with van der Waals surface area (Å²) in [7, 11) is 0. The van der Waals surface area contributed by atoms with Crippen molar-refractivity contribution in [1.29, 1.82) is 0 Å². The highest BCUT2D eigenvalue weighted by Crippen LogP contribution is 2.18. The zero-order valence-corrected chi connectivity index (χ0v) is 12.6. The molecule has 1 aliphatic carbocycles. The van der Waals surface area contributed by atoms with Crippen LogP contribution < -0.4 is 15.4 Å². The van der Waals surface area contributed by atoms with Gasteiger partial charge in [-0.25, -0.2) is 9.18 Å². The van der Waals surface area contributed by atoms with Gasteiger partial charge in [-0.3, -0.25) is 10.1 Å². The summed E-state index contributed by atoms with van der Waals surface area (Å²) in [5.74, 6) is -1.16. The number of ether oxygens (including phenoxy) is 1. The van der Waals surface area contributed by atoms with Crippen molar-refractivity contribution < 1.29 is 18.7 Å². The van der Waals surface area contributed by atoms with Gasteiger partial charge >= 0.3 is 6.03 Å². The Bertz CT molecular complexity index is 530. The number of urea groups is 1. The van der Waals surface area contributed by atoms with E-state index < -0.39 is 23.9 Å². The molecule has 0 aliphatic heterocycles. The Hall–Kier alpha value is -2.11. The molecule has 3 amide bonds. The molecule has 0 aromatic heterocycles. The highest BCUT2D eigenvalue weighted by molar-refractivity contribution is 5.96. The van der Waals surface area contributed by atoms with Gasteiger partial charge in [-0.1, -0.05) is 31.4 Å². The van der Waals surface area contributed by atoms with Crippen LogP contribution in [0.25, 0.3) is 0 Å². The summed E-state index contributed by atoms with van der Waals surface area (Å²) in [6.07, 6.45) is 4.27. The molecule has 1 saturated carbocycles. The van der Waals surface area contributed by atoms with E-state index in [9.17, 15) is 14.0 Å². The van der Waals surface area contributed by atoms with E-state index in [1.807, 2.05) is 0 Å². The molecule has 1 unspecified atom stereocenters. The zero-order valence-electron chi connectivity index (χ0n) is 12.6. The van der Waals surface area contributed by atoms with Crippen LogP contribution >= 0.6 is 0 Å². The van der Waals surface area contributed by atoms with Crippen molar-refractivity contribution in [2.24, 2.45) is 0 Å². The van der Waals surface area contributed by atoms with E-state index in [2.05, 4.69) is 10.6 Å².